The Labute approximate surface area is 182 Å². The molecule has 4 aromatic rings. The lowest BCUT2D eigenvalue weighted by Gasteiger charge is -2.03. The van der Waals surface area contributed by atoms with Crippen molar-refractivity contribution < 1.29 is 19.3 Å². The number of unbranched alkanes of at least 4 members (excludes halogenated alkanes) is 2. The third-order valence-electron chi connectivity index (χ3n) is 4.94. The number of aryl methyl sites for hydroxylation is 1. The van der Waals surface area contributed by atoms with Gasteiger partial charge in [0.2, 0.25) is 23.2 Å². The van der Waals surface area contributed by atoms with Crippen LogP contribution in [0.5, 0.6) is 11.5 Å². The average molecular weight is 438 g/mol. The van der Waals surface area contributed by atoms with Gasteiger partial charge in [0, 0.05) is 24.6 Å². The molecule has 0 radical (unpaired) electrons. The number of aromatic nitrogens is 4. The van der Waals surface area contributed by atoms with Gasteiger partial charge in [0.1, 0.15) is 0 Å². The Morgan fingerprint density at radius 1 is 1.22 bits per heavy atom. The van der Waals surface area contributed by atoms with Crippen LogP contribution in [-0.4, -0.2) is 43.2 Å². The van der Waals surface area contributed by atoms with Gasteiger partial charge >= 0.3 is 5.82 Å². The van der Waals surface area contributed by atoms with Gasteiger partial charge in [-0.15, -0.1) is 0 Å². The minimum Gasteiger partial charge on any atom is -0.504 e. The number of ether oxygens (including phenoxy) is 1. The van der Waals surface area contributed by atoms with E-state index in [9.17, 15) is 15.2 Å². The van der Waals surface area contributed by atoms with Crippen molar-refractivity contribution in [3.8, 4) is 22.9 Å². The zero-order valence-corrected chi connectivity index (χ0v) is 17.4. The summed E-state index contributed by atoms with van der Waals surface area (Å²) in [5.41, 5.74) is 1.22. The Kier molecular flexibility index (Phi) is 6.15. The molecule has 0 atom stereocenters. The summed E-state index contributed by atoms with van der Waals surface area (Å²) in [5, 5.41) is 28.2. The van der Waals surface area contributed by atoms with E-state index in [-0.39, 0.29) is 17.4 Å². The number of phenols is 1. The minimum absolute atomic E-state index is 0.0440. The summed E-state index contributed by atoms with van der Waals surface area (Å²) in [6, 6.07) is 10.1. The fraction of sp³-hybridized carbons (Fsp3) is 0.286. The van der Waals surface area contributed by atoms with Gasteiger partial charge in [0.05, 0.1) is 13.3 Å². The van der Waals surface area contributed by atoms with Crippen LogP contribution in [0.4, 0.5) is 11.6 Å². The van der Waals surface area contributed by atoms with Crippen molar-refractivity contribution in [3.63, 3.8) is 0 Å². The van der Waals surface area contributed by atoms with E-state index in [1.54, 1.807) is 36.5 Å². The molecule has 3 aromatic heterocycles. The number of hydrogen-bond acceptors (Lipinski definition) is 9. The van der Waals surface area contributed by atoms with Crippen LogP contribution in [0.3, 0.4) is 0 Å². The van der Waals surface area contributed by atoms with E-state index < -0.39 is 4.92 Å². The number of benzene rings is 1. The molecule has 2 N–H and O–H groups in total. The maximum Gasteiger partial charge on any atom is 0.372 e. The van der Waals surface area contributed by atoms with Crippen molar-refractivity contribution in [1.29, 1.82) is 0 Å². The fourth-order valence-electron chi connectivity index (χ4n) is 3.35. The van der Waals surface area contributed by atoms with Gasteiger partial charge in [0.25, 0.3) is 0 Å². The van der Waals surface area contributed by atoms with Crippen LogP contribution in [0.1, 0.15) is 25.2 Å². The number of methoxy groups -OCH3 is 1. The molecule has 0 fully saturated rings. The summed E-state index contributed by atoms with van der Waals surface area (Å²) >= 11 is 0. The molecule has 0 bridgehead atoms. The molecule has 0 spiro atoms. The summed E-state index contributed by atoms with van der Waals surface area (Å²) in [6.07, 6.45) is 4.75. The standard InChI is InChI=1S/C21H22N6O5/c1-31-16-13-14(9-10-15(16)28)19-24-18(32-25-19)8-3-2-5-11-22-20-21(27(29)30)26-12-6-4-7-17(26)23-20/h4,6-7,9-10,12-13,22,28H,2-3,5,8,11H2,1H3. The zero-order valence-electron chi connectivity index (χ0n) is 17.4. The first-order valence-electron chi connectivity index (χ1n) is 10.1. The highest BCUT2D eigenvalue weighted by atomic mass is 16.6. The molecule has 166 valence electrons. The number of fused-ring (bicyclic) bond motifs is 1. The van der Waals surface area contributed by atoms with E-state index in [1.807, 2.05) is 0 Å². The topological polar surface area (TPSA) is 141 Å². The van der Waals surface area contributed by atoms with E-state index >= 15 is 0 Å². The normalized spacial score (nSPS) is 11.0. The zero-order chi connectivity index (χ0) is 22.5. The fourth-order valence-corrected chi connectivity index (χ4v) is 3.35. The number of nitrogens with one attached hydrogen (secondary N) is 1. The summed E-state index contributed by atoms with van der Waals surface area (Å²) in [4.78, 5) is 19.7. The first kappa shape index (κ1) is 21.1. The largest absolute Gasteiger partial charge is 0.504 e. The number of rotatable bonds is 10. The van der Waals surface area contributed by atoms with Gasteiger partial charge in [-0.25, -0.2) is 0 Å². The van der Waals surface area contributed by atoms with Gasteiger partial charge in [-0.3, -0.25) is 0 Å². The summed E-state index contributed by atoms with van der Waals surface area (Å²) in [5.74, 6) is 1.54. The Morgan fingerprint density at radius 3 is 2.91 bits per heavy atom. The summed E-state index contributed by atoms with van der Waals surface area (Å²) < 4.78 is 11.9. The van der Waals surface area contributed by atoms with Crippen molar-refractivity contribution in [2.45, 2.75) is 25.7 Å². The third kappa shape index (κ3) is 4.46. The molecule has 0 aliphatic heterocycles. The van der Waals surface area contributed by atoms with Crippen LogP contribution in [-0.2, 0) is 6.42 Å². The number of anilines is 1. The molecule has 0 unspecified atom stereocenters. The van der Waals surface area contributed by atoms with E-state index in [0.29, 0.717) is 41.6 Å². The first-order chi connectivity index (χ1) is 15.6. The number of phenolic OH excluding ortho intramolecular Hbond substituents is 1. The summed E-state index contributed by atoms with van der Waals surface area (Å²) in [7, 11) is 1.47. The van der Waals surface area contributed by atoms with Crippen LogP contribution >= 0.6 is 0 Å². The SMILES string of the molecule is COc1cc(-c2noc(CCCCCNc3nc4ccccn4c3[N+](=O)[O-])n2)ccc1O. The molecule has 0 aliphatic rings. The lowest BCUT2D eigenvalue weighted by molar-refractivity contribution is -0.389. The van der Waals surface area contributed by atoms with Crippen molar-refractivity contribution in [3.05, 3.63) is 58.6 Å². The third-order valence-corrected chi connectivity index (χ3v) is 4.94. The molecule has 0 saturated heterocycles. The number of pyridine rings is 1. The molecule has 0 amide bonds. The molecule has 11 nitrogen and oxygen atoms in total. The predicted molar refractivity (Wildman–Crippen MR) is 116 cm³/mol. The van der Waals surface area contributed by atoms with Crippen LogP contribution in [0.25, 0.3) is 17.0 Å². The van der Waals surface area contributed by atoms with Crippen LogP contribution < -0.4 is 10.1 Å². The molecule has 4 rings (SSSR count). The molecule has 11 heteroatoms. The van der Waals surface area contributed by atoms with Gasteiger partial charge in [0.15, 0.2) is 11.5 Å². The average Bonchev–Trinajstić information content (AvgIpc) is 3.41. The Balaban J connectivity index is 1.26. The van der Waals surface area contributed by atoms with Gasteiger partial charge in [-0.2, -0.15) is 14.4 Å². The highest BCUT2D eigenvalue weighted by Gasteiger charge is 2.21. The van der Waals surface area contributed by atoms with E-state index in [1.165, 1.54) is 17.6 Å². The van der Waals surface area contributed by atoms with E-state index in [2.05, 4.69) is 20.4 Å². The lowest BCUT2D eigenvalue weighted by atomic mass is 10.2. The first-order valence-corrected chi connectivity index (χ1v) is 10.1. The van der Waals surface area contributed by atoms with Crippen molar-refractivity contribution in [2.24, 2.45) is 0 Å². The number of imidazole rings is 1. The number of aromatic hydroxyl groups is 1. The summed E-state index contributed by atoms with van der Waals surface area (Å²) in [6.45, 7) is 0.563. The molecular formula is C21H22N6O5. The molecule has 0 aliphatic carbocycles. The highest BCUT2D eigenvalue weighted by molar-refractivity contribution is 5.62. The second kappa shape index (κ2) is 9.33. The van der Waals surface area contributed by atoms with Gasteiger partial charge in [-0.1, -0.05) is 17.6 Å². The molecule has 32 heavy (non-hydrogen) atoms. The van der Waals surface area contributed by atoms with Crippen molar-refractivity contribution in [1.82, 2.24) is 19.5 Å². The maximum absolute atomic E-state index is 11.4. The molecule has 0 saturated carbocycles. The minimum atomic E-state index is -0.431. The molecule has 3 heterocycles. The number of nitrogens with zero attached hydrogens (tertiary/aromatic N) is 5. The molecule has 1 aromatic carbocycles. The highest BCUT2D eigenvalue weighted by Crippen LogP contribution is 2.30. The van der Waals surface area contributed by atoms with Crippen molar-refractivity contribution >= 4 is 17.3 Å². The second-order valence-corrected chi connectivity index (χ2v) is 7.11. The lowest BCUT2D eigenvalue weighted by Crippen LogP contribution is -2.05. The van der Waals surface area contributed by atoms with Gasteiger partial charge < -0.3 is 29.8 Å². The van der Waals surface area contributed by atoms with Crippen LogP contribution in [0.15, 0.2) is 47.1 Å². The second-order valence-electron chi connectivity index (χ2n) is 7.11. The van der Waals surface area contributed by atoms with E-state index in [0.717, 1.165) is 19.3 Å². The monoisotopic (exact) mass is 438 g/mol. The number of nitro groups is 1. The maximum atomic E-state index is 11.4. The Bertz CT molecular complexity index is 1230. The van der Waals surface area contributed by atoms with Crippen molar-refractivity contribution in [2.75, 3.05) is 19.0 Å². The Hall–Kier alpha value is -4.15. The van der Waals surface area contributed by atoms with E-state index in [4.69, 9.17) is 9.26 Å². The predicted octanol–water partition coefficient (Wildman–Crippen LogP) is 3.83. The van der Waals surface area contributed by atoms with Gasteiger partial charge in [-0.05, 0) is 42.0 Å². The molecular weight excluding hydrogens is 416 g/mol. The van der Waals surface area contributed by atoms with Crippen LogP contribution in [0.2, 0.25) is 0 Å². The number of hydrogen-bond donors (Lipinski definition) is 2. The smallest absolute Gasteiger partial charge is 0.372 e. The quantitative estimate of drug-likeness (QED) is 0.215. The Morgan fingerprint density at radius 2 is 2.09 bits per heavy atom. The van der Waals surface area contributed by atoms with Crippen LogP contribution in [0, 0.1) is 10.1 Å².